The second-order valence-corrected chi connectivity index (χ2v) is 8.57. The van der Waals surface area contributed by atoms with E-state index in [0.717, 1.165) is 43.4 Å². The first kappa shape index (κ1) is 21.6. The largest absolute Gasteiger partial charge is 0.462 e. The summed E-state index contributed by atoms with van der Waals surface area (Å²) in [6.45, 7) is 3.89. The Morgan fingerprint density at radius 2 is 1.66 bits per heavy atom. The number of benzene rings is 2. The number of pyridine rings is 2. The SMILES string of the molecule is FC(F)(F)c1cc(-c2coc3cc(-c4ccc(N5CCNCC5)cc4)cnc23)c2ccccc2n1. The molecule has 2 aromatic carbocycles. The molecule has 8 heteroatoms. The van der Waals surface area contributed by atoms with E-state index in [2.05, 4.69) is 44.5 Å². The van der Waals surface area contributed by atoms with Crippen LogP contribution in [0.5, 0.6) is 0 Å². The number of aromatic nitrogens is 2. The van der Waals surface area contributed by atoms with Crippen molar-refractivity contribution in [3.05, 3.63) is 78.8 Å². The van der Waals surface area contributed by atoms with E-state index >= 15 is 0 Å². The molecule has 0 amide bonds. The van der Waals surface area contributed by atoms with Crippen molar-refractivity contribution in [2.75, 3.05) is 31.1 Å². The summed E-state index contributed by atoms with van der Waals surface area (Å²) in [4.78, 5) is 10.7. The maximum absolute atomic E-state index is 13.5. The minimum atomic E-state index is -4.56. The monoisotopic (exact) mass is 474 g/mol. The van der Waals surface area contributed by atoms with Crippen LogP contribution in [0.3, 0.4) is 0 Å². The number of rotatable bonds is 3. The molecule has 1 aliphatic heterocycles. The first-order chi connectivity index (χ1) is 17.0. The molecule has 0 aliphatic carbocycles. The van der Waals surface area contributed by atoms with Gasteiger partial charge in [0.2, 0.25) is 0 Å². The number of furan rings is 1. The van der Waals surface area contributed by atoms with Crippen LogP contribution in [0.25, 0.3) is 44.3 Å². The van der Waals surface area contributed by atoms with Crippen molar-refractivity contribution in [2.24, 2.45) is 0 Å². The minimum absolute atomic E-state index is 0.271. The van der Waals surface area contributed by atoms with E-state index in [-0.39, 0.29) is 5.52 Å². The molecule has 4 heterocycles. The quantitative estimate of drug-likeness (QED) is 0.341. The third-order valence-electron chi connectivity index (χ3n) is 6.39. The van der Waals surface area contributed by atoms with Crippen LogP contribution in [0.2, 0.25) is 0 Å². The van der Waals surface area contributed by atoms with Gasteiger partial charge in [0.1, 0.15) is 17.5 Å². The van der Waals surface area contributed by atoms with E-state index in [1.165, 1.54) is 12.0 Å². The molecular weight excluding hydrogens is 453 g/mol. The molecular formula is C27H21F3N4O. The number of hydrogen-bond acceptors (Lipinski definition) is 5. The number of halogens is 3. The van der Waals surface area contributed by atoms with Gasteiger partial charge in [0.05, 0.1) is 5.52 Å². The molecule has 1 fully saturated rings. The van der Waals surface area contributed by atoms with Crippen molar-refractivity contribution in [3.63, 3.8) is 0 Å². The lowest BCUT2D eigenvalue weighted by molar-refractivity contribution is -0.140. The number of nitrogens with one attached hydrogen (secondary N) is 1. The van der Waals surface area contributed by atoms with E-state index in [0.29, 0.717) is 27.6 Å². The van der Waals surface area contributed by atoms with Crippen LogP contribution < -0.4 is 10.2 Å². The first-order valence-corrected chi connectivity index (χ1v) is 11.4. The molecule has 35 heavy (non-hydrogen) atoms. The smallest absolute Gasteiger partial charge is 0.433 e. The molecule has 1 aliphatic rings. The molecule has 0 unspecified atom stereocenters. The summed E-state index contributed by atoms with van der Waals surface area (Å²) in [6.07, 6.45) is -1.36. The van der Waals surface area contributed by atoms with Gasteiger partial charge in [0.15, 0.2) is 5.58 Å². The van der Waals surface area contributed by atoms with Gasteiger partial charge >= 0.3 is 6.18 Å². The van der Waals surface area contributed by atoms with Crippen LogP contribution >= 0.6 is 0 Å². The van der Waals surface area contributed by atoms with E-state index in [4.69, 9.17) is 4.42 Å². The number of para-hydroxylation sites is 1. The summed E-state index contributed by atoms with van der Waals surface area (Å²) in [5.74, 6) is 0. The standard InChI is InChI=1S/C27H21F3N4O/c28-27(29,30)25-14-21(20-3-1-2-4-23(20)33-25)22-16-35-24-13-18(15-32-26(22)24)17-5-7-19(8-6-17)34-11-9-31-10-12-34/h1-8,13-16,31H,9-12H2. The van der Waals surface area contributed by atoms with Gasteiger partial charge in [-0.25, -0.2) is 4.98 Å². The van der Waals surface area contributed by atoms with E-state index in [1.807, 2.05) is 6.07 Å². The van der Waals surface area contributed by atoms with Gasteiger partial charge < -0.3 is 14.6 Å². The molecule has 0 spiro atoms. The molecule has 1 saturated heterocycles. The lowest BCUT2D eigenvalue weighted by Crippen LogP contribution is -2.43. The summed E-state index contributed by atoms with van der Waals surface area (Å²) in [5, 5.41) is 3.96. The Kier molecular flexibility index (Phi) is 5.18. The van der Waals surface area contributed by atoms with Crippen molar-refractivity contribution in [2.45, 2.75) is 6.18 Å². The molecule has 0 atom stereocenters. The minimum Gasteiger partial charge on any atom is -0.462 e. The summed E-state index contributed by atoms with van der Waals surface area (Å²) in [7, 11) is 0. The molecule has 0 bridgehead atoms. The molecule has 176 valence electrons. The lowest BCUT2D eigenvalue weighted by atomic mass is 10.0. The zero-order valence-electron chi connectivity index (χ0n) is 18.6. The van der Waals surface area contributed by atoms with Crippen molar-refractivity contribution in [1.29, 1.82) is 0 Å². The highest BCUT2D eigenvalue weighted by molar-refractivity contribution is 6.02. The average Bonchev–Trinajstić information content (AvgIpc) is 3.31. The normalized spacial score (nSPS) is 14.7. The molecule has 0 radical (unpaired) electrons. The third kappa shape index (κ3) is 4.00. The topological polar surface area (TPSA) is 54.2 Å². The van der Waals surface area contributed by atoms with Crippen molar-refractivity contribution in [1.82, 2.24) is 15.3 Å². The van der Waals surface area contributed by atoms with Gasteiger partial charge in [0, 0.05) is 54.6 Å². The fraction of sp³-hybridized carbons (Fsp3) is 0.185. The van der Waals surface area contributed by atoms with Gasteiger partial charge in [-0.05, 0) is 41.5 Å². The molecule has 6 rings (SSSR count). The Morgan fingerprint density at radius 3 is 2.43 bits per heavy atom. The third-order valence-corrected chi connectivity index (χ3v) is 6.39. The summed E-state index contributed by atoms with van der Waals surface area (Å²) in [5.41, 5.74) is 4.29. The maximum Gasteiger partial charge on any atom is 0.433 e. The number of alkyl halides is 3. The van der Waals surface area contributed by atoms with Gasteiger partial charge in [-0.3, -0.25) is 4.98 Å². The Hall–Kier alpha value is -3.91. The predicted molar refractivity (Wildman–Crippen MR) is 130 cm³/mol. The van der Waals surface area contributed by atoms with Crippen LogP contribution in [0.4, 0.5) is 18.9 Å². The zero-order valence-corrected chi connectivity index (χ0v) is 18.6. The summed E-state index contributed by atoms with van der Waals surface area (Å²) in [6, 6.07) is 18.0. The van der Waals surface area contributed by atoms with Gasteiger partial charge in [-0.1, -0.05) is 30.3 Å². The highest BCUT2D eigenvalue weighted by atomic mass is 19.4. The first-order valence-electron chi connectivity index (χ1n) is 11.4. The van der Waals surface area contributed by atoms with Crippen molar-refractivity contribution >= 4 is 27.7 Å². The Bertz CT molecular complexity index is 1520. The summed E-state index contributed by atoms with van der Waals surface area (Å²) >= 11 is 0. The average molecular weight is 474 g/mol. The van der Waals surface area contributed by atoms with Gasteiger partial charge in [-0.15, -0.1) is 0 Å². The van der Waals surface area contributed by atoms with E-state index in [9.17, 15) is 13.2 Å². The van der Waals surface area contributed by atoms with Crippen LogP contribution in [-0.2, 0) is 6.18 Å². The maximum atomic E-state index is 13.5. The number of piperazine rings is 1. The van der Waals surface area contributed by atoms with Gasteiger partial charge in [0.25, 0.3) is 0 Å². The Labute approximate surface area is 199 Å². The number of anilines is 1. The van der Waals surface area contributed by atoms with Crippen LogP contribution in [0, 0.1) is 0 Å². The van der Waals surface area contributed by atoms with Crippen LogP contribution in [0.1, 0.15) is 5.69 Å². The highest BCUT2D eigenvalue weighted by Crippen LogP contribution is 2.39. The fourth-order valence-electron chi connectivity index (χ4n) is 4.60. The van der Waals surface area contributed by atoms with Crippen LogP contribution in [0.15, 0.2) is 77.5 Å². The predicted octanol–water partition coefficient (Wildman–Crippen LogP) is 6.14. The van der Waals surface area contributed by atoms with Crippen molar-refractivity contribution in [3.8, 4) is 22.3 Å². The number of nitrogens with zero attached hydrogens (tertiary/aromatic N) is 3. The fourth-order valence-corrected chi connectivity index (χ4v) is 4.60. The number of hydrogen-bond donors (Lipinski definition) is 1. The highest BCUT2D eigenvalue weighted by Gasteiger charge is 2.33. The second kappa shape index (κ2) is 8.39. The van der Waals surface area contributed by atoms with Gasteiger partial charge in [-0.2, -0.15) is 13.2 Å². The molecule has 0 saturated carbocycles. The lowest BCUT2D eigenvalue weighted by Gasteiger charge is -2.29. The van der Waals surface area contributed by atoms with Crippen molar-refractivity contribution < 1.29 is 17.6 Å². The summed E-state index contributed by atoms with van der Waals surface area (Å²) < 4.78 is 46.4. The molecule has 5 nitrogen and oxygen atoms in total. The molecule has 1 N–H and O–H groups in total. The van der Waals surface area contributed by atoms with E-state index in [1.54, 1.807) is 30.5 Å². The molecule has 3 aromatic heterocycles. The van der Waals surface area contributed by atoms with E-state index < -0.39 is 11.9 Å². The number of fused-ring (bicyclic) bond motifs is 2. The Balaban J connectivity index is 1.39. The Morgan fingerprint density at radius 1 is 0.886 bits per heavy atom. The van der Waals surface area contributed by atoms with Crippen LogP contribution in [-0.4, -0.2) is 36.1 Å². The molecule has 5 aromatic rings. The zero-order chi connectivity index (χ0) is 24.0. The second-order valence-electron chi connectivity index (χ2n) is 8.57.